The van der Waals surface area contributed by atoms with Crippen LogP contribution in [0.5, 0.6) is 5.75 Å². The van der Waals surface area contributed by atoms with E-state index < -0.39 is 24.5 Å². The molecule has 0 unspecified atom stereocenters. The summed E-state index contributed by atoms with van der Waals surface area (Å²) in [4.78, 5) is 42.2. The Kier molecular flexibility index (Phi) is 11.3. The van der Waals surface area contributed by atoms with Crippen LogP contribution in [0.25, 0.3) is 0 Å². The Morgan fingerprint density at radius 3 is 2.47 bits per heavy atom. The lowest BCUT2D eigenvalue weighted by molar-refractivity contribution is -0.153. The number of piperazine rings is 1. The van der Waals surface area contributed by atoms with Gasteiger partial charge in [0.25, 0.3) is 0 Å². The normalized spacial score (nSPS) is 16.6. The Balaban J connectivity index is 1.23. The maximum absolute atomic E-state index is 14.1. The molecule has 0 radical (unpaired) electrons. The van der Waals surface area contributed by atoms with Gasteiger partial charge in [-0.1, -0.05) is 53.5 Å². The fraction of sp³-hybridized carbons (Fsp3) is 0.382. The Morgan fingerprint density at radius 2 is 1.77 bits per heavy atom. The third-order valence-electron chi connectivity index (χ3n) is 7.94. The van der Waals surface area contributed by atoms with Crippen LogP contribution in [-0.4, -0.2) is 60.6 Å². The molecule has 13 heteroatoms. The standard InChI is InChI=1S/C34H35Cl2F3N4O4/c35-25-4-1-5-28(16-25)47-14-2-3-22-6-9-27(10-7-22)43-30(19-40-20-32(43)45)33(46)42(26-11-12-26)21-24-15-23(8-13-29(24)36)18-41-31(44)17-34(37,38)39/h1,4-10,13,15-16,26,30,40H,2-3,11-12,14,17-21H2,(H,41,44)/t30-/m1/s1. The molecular weight excluding hydrogens is 656 g/mol. The van der Waals surface area contributed by atoms with E-state index in [1.54, 1.807) is 40.1 Å². The van der Waals surface area contributed by atoms with Crippen LogP contribution in [0.1, 0.15) is 42.4 Å². The molecule has 0 spiro atoms. The van der Waals surface area contributed by atoms with Crippen LogP contribution < -0.4 is 20.3 Å². The van der Waals surface area contributed by atoms with Gasteiger partial charge >= 0.3 is 6.18 Å². The van der Waals surface area contributed by atoms with Crippen molar-refractivity contribution in [1.29, 1.82) is 0 Å². The topological polar surface area (TPSA) is 91.0 Å². The number of nitrogens with one attached hydrogen (secondary N) is 2. The number of anilines is 1. The number of carbonyl (C=O) groups excluding carboxylic acids is 3. The number of carbonyl (C=O) groups is 3. The summed E-state index contributed by atoms with van der Waals surface area (Å²) in [5.74, 6) is -0.864. The second-order valence-corrected chi connectivity index (χ2v) is 12.5. The molecular formula is C34H35Cl2F3N4O4. The Hall–Kier alpha value is -3.80. The minimum Gasteiger partial charge on any atom is -0.494 e. The van der Waals surface area contributed by atoms with E-state index in [4.69, 9.17) is 27.9 Å². The van der Waals surface area contributed by atoms with Crippen molar-refractivity contribution in [2.45, 2.75) is 63.5 Å². The summed E-state index contributed by atoms with van der Waals surface area (Å²) in [5, 5.41) is 6.34. The lowest BCUT2D eigenvalue weighted by Crippen LogP contribution is -2.61. The zero-order valence-corrected chi connectivity index (χ0v) is 27.0. The summed E-state index contributed by atoms with van der Waals surface area (Å²) >= 11 is 12.5. The summed E-state index contributed by atoms with van der Waals surface area (Å²) < 4.78 is 43.4. The first-order valence-corrected chi connectivity index (χ1v) is 16.1. The quantitative estimate of drug-likeness (QED) is 0.213. The summed E-state index contributed by atoms with van der Waals surface area (Å²) in [6.45, 7) is 0.933. The first kappa shape index (κ1) is 34.5. The average Bonchev–Trinajstić information content (AvgIpc) is 3.87. The van der Waals surface area contributed by atoms with Crippen molar-refractivity contribution >= 4 is 46.6 Å². The zero-order valence-electron chi connectivity index (χ0n) is 25.5. The lowest BCUT2D eigenvalue weighted by Gasteiger charge is -2.38. The Bertz CT molecular complexity index is 1580. The van der Waals surface area contributed by atoms with E-state index in [0.717, 1.165) is 31.2 Å². The second-order valence-electron chi connectivity index (χ2n) is 11.7. The fourth-order valence-electron chi connectivity index (χ4n) is 5.49. The van der Waals surface area contributed by atoms with Crippen LogP contribution in [0, 0.1) is 0 Å². The molecule has 1 aliphatic heterocycles. The molecule has 2 aliphatic rings. The van der Waals surface area contributed by atoms with Gasteiger partial charge in [-0.2, -0.15) is 13.2 Å². The van der Waals surface area contributed by atoms with Gasteiger partial charge in [0, 0.05) is 41.4 Å². The minimum absolute atomic E-state index is 0.0240. The predicted octanol–water partition coefficient (Wildman–Crippen LogP) is 6.07. The fourth-order valence-corrected chi connectivity index (χ4v) is 5.84. The van der Waals surface area contributed by atoms with Gasteiger partial charge in [-0.25, -0.2) is 0 Å². The van der Waals surface area contributed by atoms with E-state index in [0.29, 0.717) is 39.2 Å². The molecule has 1 atom stereocenters. The Morgan fingerprint density at radius 1 is 1.02 bits per heavy atom. The smallest absolute Gasteiger partial charge is 0.397 e. The number of hydrogen-bond donors (Lipinski definition) is 2. The average molecular weight is 692 g/mol. The van der Waals surface area contributed by atoms with Crippen LogP contribution in [-0.2, 0) is 33.9 Å². The molecule has 1 saturated heterocycles. The molecule has 47 heavy (non-hydrogen) atoms. The van der Waals surface area contributed by atoms with Gasteiger partial charge in [0.05, 0.1) is 13.2 Å². The molecule has 1 saturated carbocycles. The van der Waals surface area contributed by atoms with Crippen molar-refractivity contribution in [2.75, 3.05) is 24.6 Å². The second kappa shape index (κ2) is 15.4. The molecule has 1 aliphatic carbocycles. The molecule has 2 N–H and O–H groups in total. The molecule has 1 heterocycles. The molecule has 8 nitrogen and oxygen atoms in total. The van der Waals surface area contributed by atoms with Crippen molar-refractivity contribution in [3.05, 3.63) is 93.5 Å². The minimum atomic E-state index is -4.60. The van der Waals surface area contributed by atoms with E-state index in [1.165, 1.54) is 0 Å². The highest BCUT2D eigenvalue weighted by atomic mass is 35.5. The number of rotatable bonds is 13. The van der Waals surface area contributed by atoms with E-state index in [2.05, 4.69) is 10.6 Å². The van der Waals surface area contributed by atoms with E-state index >= 15 is 0 Å². The molecule has 0 aromatic heterocycles. The first-order chi connectivity index (χ1) is 22.5. The summed E-state index contributed by atoms with van der Waals surface area (Å²) in [7, 11) is 0. The highest BCUT2D eigenvalue weighted by molar-refractivity contribution is 6.31. The maximum Gasteiger partial charge on any atom is 0.397 e. The summed E-state index contributed by atoms with van der Waals surface area (Å²) in [5.41, 5.74) is 2.84. The van der Waals surface area contributed by atoms with Crippen LogP contribution in [0.4, 0.5) is 18.9 Å². The molecule has 5 rings (SSSR count). The number of nitrogens with zero attached hydrogens (tertiary/aromatic N) is 2. The lowest BCUT2D eigenvalue weighted by atomic mass is 10.1. The predicted molar refractivity (Wildman–Crippen MR) is 173 cm³/mol. The highest BCUT2D eigenvalue weighted by Gasteiger charge is 2.41. The number of alkyl halides is 3. The van der Waals surface area contributed by atoms with Gasteiger partial charge in [0.2, 0.25) is 17.7 Å². The van der Waals surface area contributed by atoms with Crippen LogP contribution in [0.3, 0.4) is 0 Å². The maximum atomic E-state index is 14.1. The van der Waals surface area contributed by atoms with Crippen molar-refractivity contribution in [3.8, 4) is 5.75 Å². The number of aryl methyl sites for hydroxylation is 1. The van der Waals surface area contributed by atoms with E-state index in [-0.39, 0.29) is 44.0 Å². The molecule has 3 aromatic carbocycles. The van der Waals surface area contributed by atoms with E-state index in [9.17, 15) is 27.6 Å². The molecule has 2 fully saturated rings. The van der Waals surface area contributed by atoms with Crippen molar-refractivity contribution in [3.63, 3.8) is 0 Å². The van der Waals surface area contributed by atoms with Crippen LogP contribution >= 0.6 is 23.2 Å². The van der Waals surface area contributed by atoms with Gasteiger partial charge in [0.1, 0.15) is 18.2 Å². The first-order valence-electron chi connectivity index (χ1n) is 15.4. The third-order valence-corrected chi connectivity index (χ3v) is 8.54. The van der Waals surface area contributed by atoms with Gasteiger partial charge in [-0.15, -0.1) is 0 Å². The molecule has 3 amide bonds. The van der Waals surface area contributed by atoms with Gasteiger partial charge < -0.3 is 20.3 Å². The van der Waals surface area contributed by atoms with Crippen LogP contribution in [0.15, 0.2) is 66.7 Å². The zero-order chi connectivity index (χ0) is 33.6. The molecule has 250 valence electrons. The number of amides is 3. The largest absolute Gasteiger partial charge is 0.494 e. The molecule has 0 bridgehead atoms. The van der Waals surface area contributed by atoms with Gasteiger partial charge in [-0.05, 0) is 78.8 Å². The molecule has 3 aromatic rings. The third kappa shape index (κ3) is 9.85. The van der Waals surface area contributed by atoms with Crippen molar-refractivity contribution in [1.82, 2.24) is 15.5 Å². The number of hydrogen-bond acceptors (Lipinski definition) is 5. The van der Waals surface area contributed by atoms with E-state index in [1.807, 2.05) is 36.4 Å². The monoisotopic (exact) mass is 690 g/mol. The number of benzene rings is 3. The Labute approximate surface area is 281 Å². The van der Waals surface area contributed by atoms with Crippen LogP contribution in [0.2, 0.25) is 10.0 Å². The van der Waals surface area contributed by atoms with Crippen molar-refractivity contribution in [2.24, 2.45) is 0 Å². The van der Waals surface area contributed by atoms with Gasteiger partial charge in [-0.3, -0.25) is 19.3 Å². The number of halogens is 5. The summed E-state index contributed by atoms with van der Waals surface area (Å²) in [6.07, 6.45) is -3.01. The number of ether oxygens (including phenoxy) is 1. The van der Waals surface area contributed by atoms with Crippen molar-refractivity contribution < 1.29 is 32.3 Å². The highest BCUT2D eigenvalue weighted by Crippen LogP contribution is 2.32. The SMILES string of the molecule is O=C(CC(F)(F)F)NCc1ccc(Cl)c(CN(C(=O)[C@H]2CNCC(=O)N2c2ccc(CCCOc3cccc(Cl)c3)cc2)C2CC2)c1. The summed E-state index contributed by atoms with van der Waals surface area (Å²) in [6, 6.07) is 18.9. The van der Waals surface area contributed by atoms with Gasteiger partial charge in [0.15, 0.2) is 0 Å².